The summed E-state index contributed by atoms with van der Waals surface area (Å²) in [7, 11) is 3.37. The lowest BCUT2D eigenvalue weighted by Crippen LogP contribution is -2.36. The molecule has 0 unspecified atom stereocenters. The third-order valence-corrected chi connectivity index (χ3v) is 3.83. The Morgan fingerprint density at radius 3 is 2.38 bits per heavy atom. The Hall–Kier alpha value is -1.96. The quantitative estimate of drug-likeness (QED) is 0.367. The van der Waals surface area contributed by atoms with Gasteiger partial charge in [-0.3, -0.25) is 0 Å². The van der Waals surface area contributed by atoms with Gasteiger partial charge in [-0.15, -0.1) is 24.0 Å². The largest absolute Gasteiger partial charge is 0.496 e. The van der Waals surface area contributed by atoms with Crippen LogP contribution in [0.1, 0.15) is 23.6 Å². The number of hydrogen-bond donors (Lipinski definition) is 2. The molecule has 0 aliphatic carbocycles. The average molecular weight is 469 g/mol. The predicted octanol–water partition coefficient (Wildman–Crippen LogP) is 3.89. The van der Waals surface area contributed by atoms with Crippen LogP contribution in [0.3, 0.4) is 0 Å². The van der Waals surface area contributed by atoms with Gasteiger partial charge in [-0.25, -0.2) is 4.99 Å². The molecule has 0 radical (unpaired) electrons. The van der Waals surface area contributed by atoms with E-state index in [1.807, 2.05) is 37.3 Å². The zero-order valence-corrected chi connectivity index (χ0v) is 18.2. The van der Waals surface area contributed by atoms with Crippen molar-refractivity contribution in [2.75, 3.05) is 20.8 Å². The maximum Gasteiger partial charge on any atom is 0.191 e. The van der Waals surface area contributed by atoms with Crippen molar-refractivity contribution in [3.8, 4) is 11.5 Å². The fraction of sp³-hybridized carbons (Fsp3) is 0.350. The van der Waals surface area contributed by atoms with Crippen molar-refractivity contribution < 1.29 is 9.47 Å². The minimum absolute atomic E-state index is 0. The molecule has 0 saturated carbocycles. The number of methoxy groups -OCH3 is 2. The molecule has 5 nitrogen and oxygen atoms in total. The van der Waals surface area contributed by atoms with Crippen molar-refractivity contribution in [2.45, 2.75) is 26.9 Å². The van der Waals surface area contributed by atoms with Gasteiger partial charge in [-0.05, 0) is 31.5 Å². The third-order valence-electron chi connectivity index (χ3n) is 3.83. The zero-order chi connectivity index (χ0) is 18.1. The molecule has 142 valence electrons. The lowest BCUT2D eigenvalue weighted by Gasteiger charge is -2.14. The number of nitrogens with one attached hydrogen (secondary N) is 2. The van der Waals surface area contributed by atoms with E-state index in [0.29, 0.717) is 13.1 Å². The fourth-order valence-electron chi connectivity index (χ4n) is 2.52. The Morgan fingerprint density at radius 2 is 1.69 bits per heavy atom. The summed E-state index contributed by atoms with van der Waals surface area (Å²) in [6.07, 6.45) is 0. The molecule has 0 bridgehead atoms. The lowest BCUT2D eigenvalue weighted by molar-refractivity contribution is 0.408. The molecule has 0 atom stereocenters. The minimum atomic E-state index is 0. The smallest absolute Gasteiger partial charge is 0.191 e. The van der Waals surface area contributed by atoms with E-state index in [1.165, 1.54) is 5.56 Å². The van der Waals surface area contributed by atoms with Crippen molar-refractivity contribution in [3.63, 3.8) is 0 Å². The normalized spacial score (nSPS) is 10.7. The van der Waals surface area contributed by atoms with E-state index in [4.69, 9.17) is 9.47 Å². The molecular weight excluding hydrogens is 441 g/mol. The number of ether oxygens (including phenoxy) is 2. The molecule has 0 heterocycles. The summed E-state index contributed by atoms with van der Waals surface area (Å²) in [5, 5.41) is 6.62. The van der Waals surface area contributed by atoms with Gasteiger partial charge in [0.15, 0.2) is 5.96 Å². The highest BCUT2D eigenvalue weighted by Crippen LogP contribution is 2.20. The molecule has 2 N–H and O–H groups in total. The topological polar surface area (TPSA) is 54.9 Å². The van der Waals surface area contributed by atoms with Crippen LogP contribution in [0.2, 0.25) is 0 Å². The molecule has 26 heavy (non-hydrogen) atoms. The highest BCUT2D eigenvalue weighted by Gasteiger charge is 2.06. The number of nitrogens with zero attached hydrogens (tertiary/aromatic N) is 1. The maximum atomic E-state index is 5.46. The highest BCUT2D eigenvalue weighted by atomic mass is 127. The number of hydrogen-bond acceptors (Lipinski definition) is 3. The molecular formula is C20H28IN3O2. The first kappa shape index (κ1) is 22.1. The number of aliphatic imine (C=N–C) groups is 1. The number of benzene rings is 2. The van der Waals surface area contributed by atoms with E-state index in [1.54, 1.807) is 14.2 Å². The second kappa shape index (κ2) is 11.6. The average Bonchev–Trinajstić information content (AvgIpc) is 2.64. The van der Waals surface area contributed by atoms with Crippen LogP contribution in [-0.2, 0) is 13.1 Å². The van der Waals surface area contributed by atoms with E-state index in [0.717, 1.165) is 35.1 Å². The Labute approximate surface area is 173 Å². The van der Waals surface area contributed by atoms with Crippen LogP contribution in [-0.4, -0.2) is 26.7 Å². The van der Waals surface area contributed by atoms with Crippen molar-refractivity contribution in [3.05, 3.63) is 59.2 Å². The van der Waals surface area contributed by atoms with Gasteiger partial charge in [0.05, 0.1) is 20.8 Å². The highest BCUT2D eigenvalue weighted by molar-refractivity contribution is 14.0. The van der Waals surface area contributed by atoms with Crippen LogP contribution in [0.25, 0.3) is 0 Å². The van der Waals surface area contributed by atoms with Crippen molar-refractivity contribution in [2.24, 2.45) is 4.99 Å². The van der Waals surface area contributed by atoms with Gasteiger partial charge in [0, 0.05) is 24.2 Å². The van der Waals surface area contributed by atoms with Gasteiger partial charge in [-0.2, -0.15) is 0 Å². The first-order valence-corrected chi connectivity index (χ1v) is 8.45. The van der Waals surface area contributed by atoms with Gasteiger partial charge in [0.2, 0.25) is 0 Å². The van der Waals surface area contributed by atoms with Gasteiger partial charge in [0.25, 0.3) is 0 Å². The molecule has 0 fully saturated rings. The Bertz CT molecular complexity index is 720. The number of halogens is 1. The molecule has 2 aromatic rings. The molecule has 0 spiro atoms. The Kier molecular flexibility index (Phi) is 9.87. The minimum Gasteiger partial charge on any atom is -0.496 e. The molecule has 2 rings (SSSR count). The van der Waals surface area contributed by atoms with Gasteiger partial charge >= 0.3 is 0 Å². The molecule has 0 saturated heterocycles. The second-order valence-corrected chi connectivity index (χ2v) is 5.68. The number of para-hydroxylation sites is 1. The van der Waals surface area contributed by atoms with E-state index < -0.39 is 0 Å². The Morgan fingerprint density at radius 1 is 0.962 bits per heavy atom. The summed E-state index contributed by atoms with van der Waals surface area (Å²) >= 11 is 0. The third kappa shape index (κ3) is 6.40. The van der Waals surface area contributed by atoms with E-state index >= 15 is 0 Å². The van der Waals surface area contributed by atoms with E-state index in [-0.39, 0.29) is 24.0 Å². The summed E-state index contributed by atoms with van der Waals surface area (Å²) in [4.78, 5) is 4.65. The molecule has 0 aromatic heterocycles. The summed E-state index contributed by atoms with van der Waals surface area (Å²) in [6.45, 7) is 6.08. The van der Waals surface area contributed by atoms with Crippen LogP contribution < -0.4 is 20.1 Å². The first-order valence-electron chi connectivity index (χ1n) is 8.45. The van der Waals surface area contributed by atoms with E-state index in [2.05, 4.69) is 34.7 Å². The second-order valence-electron chi connectivity index (χ2n) is 5.68. The van der Waals surface area contributed by atoms with Gasteiger partial charge < -0.3 is 20.1 Å². The van der Waals surface area contributed by atoms with Gasteiger partial charge in [-0.1, -0.05) is 30.3 Å². The van der Waals surface area contributed by atoms with Gasteiger partial charge in [0.1, 0.15) is 11.5 Å². The summed E-state index contributed by atoms with van der Waals surface area (Å²) < 4.78 is 10.8. The monoisotopic (exact) mass is 469 g/mol. The summed E-state index contributed by atoms with van der Waals surface area (Å²) in [6, 6.07) is 14.1. The van der Waals surface area contributed by atoms with Crippen molar-refractivity contribution in [1.82, 2.24) is 10.6 Å². The number of guanidine groups is 1. The molecule has 0 amide bonds. The van der Waals surface area contributed by atoms with Crippen LogP contribution in [0.4, 0.5) is 0 Å². The van der Waals surface area contributed by atoms with Crippen molar-refractivity contribution >= 4 is 29.9 Å². The van der Waals surface area contributed by atoms with E-state index in [9.17, 15) is 0 Å². The summed E-state index contributed by atoms with van der Waals surface area (Å²) in [5.74, 6) is 2.49. The molecule has 0 aliphatic heterocycles. The lowest BCUT2D eigenvalue weighted by atomic mass is 10.1. The molecule has 0 aliphatic rings. The molecule has 6 heteroatoms. The predicted molar refractivity (Wildman–Crippen MR) is 118 cm³/mol. The van der Waals surface area contributed by atoms with Crippen molar-refractivity contribution in [1.29, 1.82) is 0 Å². The fourth-order valence-corrected chi connectivity index (χ4v) is 2.52. The summed E-state index contributed by atoms with van der Waals surface area (Å²) in [5.41, 5.74) is 3.32. The SMILES string of the molecule is CCNC(=NCc1ccccc1OC)NCc1ccc(C)cc1OC.I. The molecule has 2 aromatic carbocycles. The standard InChI is InChI=1S/C20H27N3O2.HI/c1-5-21-20(22-13-16-8-6-7-9-18(16)24-3)23-14-17-11-10-15(2)12-19(17)25-4;/h6-12H,5,13-14H2,1-4H3,(H2,21,22,23);1H. The van der Waals surface area contributed by atoms with Crippen LogP contribution in [0.15, 0.2) is 47.5 Å². The van der Waals surface area contributed by atoms with Crippen LogP contribution in [0.5, 0.6) is 11.5 Å². The van der Waals surface area contributed by atoms with Crippen LogP contribution >= 0.6 is 24.0 Å². The van der Waals surface area contributed by atoms with Crippen LogP contribution in [0, 0.1) is 6.92 Å². The number of aryl methyl sites for hydroxylation is 1. The number of rotatable bonds is 7. The maximum absolute atomic E-state index is 5.46. The Balaban J connectivity index is 0.00000338. The first-order chi connectivity index (χ1) is 12.2. The zero-order valence-electron chi connectivity index (χ0n) is 15.8.